The van der Waals surface area contributed by atoms with Crippen molar-refractivity contribution in [2.24, 2.45) is 0 Å². The Balaban J connectivity index is 2.09. The first kappa shape index (κ1) is 13.3. The highest BCUT2D eigenvalue weighted by molar-refractivity contribution is 5.85. The molecule has 3 aromatic rings. The van der Waals surface area contributed by atoms with Crippen molar-refractivity contribution >= 4 is 16.7 Å². The van der Waals surface area contributed by atoms with Crippen LogP contribution in [-0.4, -0.2) is 15.0 Å². The molecule has 0 spiro atoms. The van der Waals surface area contributed by atoms with E-state index in [4.69, 9.17) is 10.5 Å². The van der Waals surface area contributed by atoms with Gasteiger partial charge < -0.3 is 10.5 Å². The largest absolute Gasteiger partial charge is 0.438 e. The summed E-state index contributed by atoms with van der Waals surface area (Å²) in [5.74, 6) is 1.83. The maximum Gasteiger partial charge on any atom is 0.227 e. The number of benzene rings is 1. The van der Waals surface area contributed by atoms with E-state index in [9.17, 15) is 0 Å². The minimum atomic E-state index is 0.175. The molecule has 1 aromatic carbocycles. The van der Waals surface area contributed by atoms with Gasteiger partial charge in [-0.25, -0.2) is 9.97 Å². The second-order valence-corrected chi connectivity index (χ2v) is 5.06. The maximum atomic E-state index is 5.99. The Bertz CT molecular complexity index is 781. The molecule has 0 saturated heterocycles. The second kappa shape index (κ2) is 5.36. The van der Waals surface area contributed by atoms with Crippen molar-refractivity contribution in [1.29, 1.82) is 0 Å². The molecule has 106 valence electrons. The number of aromatic nitrogens is 3. The lowest BCUT2D eigenvalue weighted by atomic mass is 10.1. The Morgan fingerprint density at radius 1 is 1.05 bits per heavy atom. The molecule has 0 radical (unpaired) electrons. The van der Waals surface area contributed by atoms with Crippen molar-refractivity contribution in [3.05, 3.63) is 48.4 Å². The van der Waals surface area contributed by atoms with Crippen LogP contribution in [0.2, 0.25) is 0 Å². The van der Waals surface area contributed by atoms with Gasteiger partial charge in [0.2, 0.25) is 5.88 Å². The van der Waals surface area contributed by atoms with Crippen LogP contribution in [0.4, 0.5) is 5.82 Å². The molecule has 2 heterocycles. The van der Waals surface area contributed by atoms with Crippen molar-refractivity contribution in [1.82, 2.24) is 15.0 Å². The normalized spacial score (nSPS) is 11.0. The smallest absolute Gasteiger partial charge is 0.227 e. The summed E-state index contributed by atoms with van der Waals surface area (Å²) in [6.45, 7) is 4.07. The Hall–Kier alpha value is -2.69. The topological polar surface area (TPSA) is 73.9 Å². The lowest BCUT2D eigenvalue weighted by Gasteiger charge is -2.14. The van der Waals surface area contributed by atoms with E-state index in [1.807, 2.05) is 44.2 Å². The number of anilines is 1. The Morgan fingerprint density at radius 2 is 1.90 bits per heavy atom. The van der Waals surface area contributed by atoms with E-state index in [0.29, 0.717) is 17.4 Å². The number of nitrogens with two attached hydrogens (primary N) is 1. The third-order valence-corrected chi connectivity index (χ3v) is 3.27. The van der Waals surface area contributed by atoms with Crippen LogP contribution >= 0.6 is 0 Å². The van der Waals surface area contributed by atoms with Crippen LogP contribution in [0, 0.1) is 0 Å². The van der Waals surface area contributed by atoms with Crippen LogP contribution in [0.25, 0.3) is 10.9 Å². The van der Waals surface area contributed by atoms with Crippen molar-refractivity contribution in [2.45, 2.75) is 19.8 Å². The summed E-state index contributed by atoms with van der Waals surface area (Å²) < 4.78 is 5.99. The van der Waals surface area contributed by atoms with Gasteiger partial charge in [0.25, 0.3) is 0 Å². The lowest BCUT2D eigenvalue weighted by molar-refractivity contribution is 0.457. The zero-order valence-electron chi connectivity index (χ0n) is 11.9. The molecule has 3 rings (SSSR count). The molecule has 5 heteroatoms. The van der Waals surface area contributed by atoms with E-state index >= 15 is 0 Å². The van der Waals surface area contributed by atoms with Crippen molar-refractivity contribution in [2.75, 3.05) is 5.73 Å². The van der Waals surface area contributed by atoms with E-state index in [0.717, 1.165) is 16.5 Å². The monoisotopic (exact) mass is 280 g/mol. The van der Waals surface area contributed by atoms with Gasteiger partial charge in [0.15, 0.2) is 0 Å². The van der Waals surface area contributed by atoms with Crippen molar-refractivity contribution < 1.29 is 4.74 Å². The Morgan fingerprint density at radius 3 is 2.71 bits per heavy atom. The van der Waals surface area contributed by atoms with Crippen LogP contribution < -0.4 is 10.5 Å². The van der Waals surface area contributed by atoms with Gasteiger partial charge >= 0.3 is 0 Å². The van der Waals surface area contributed by atoms with Crippen molar-refractivity contribution in [3.8, 4) is 11.6 Å². The van der Waals surface area contributed by atoms with Crippen LogP contribution in [-0.2, 0) is 0 Å². The van der Waals surface area contributed by atoms with E-state index < -0.39 is 0 Å². The molecule has 2 N–H and O–H groups in total. The molecule has 2 aromatic heterocycles. The first-order chi connectivity index (χ1) is 10.2. The van der Waals surface area contributed by atoms with Gasteiger partial charge in [-0.3, -0.25) is 4.98 Å². The third-order valence-electron chi connectivity index (χ3n) is 3.27. The number of ether oxygens (including phenoxy) is 1. The molecule has 0 aliphatic heterocycles. The molecular formula is C16H16N4O. The van der Waals surface area contributed by atoms with E-state index in [1.165, 1.54) is 6.33 Å². The van der Waals surface area contributed by atoms with Gasteiger partial charge in [-0.05, 0) is 30.2 Å². The van der Waals surface area contributed by atoms with E-state index in [1.54, 1.807) is 6.20 Å². The molecule has 21 heavy (non-hydrogen) atoms. The highest BCUT2D eigenvalue weighted by Gasteiger charge is 2.15. The number of hydrogen-bond donors (Lipinski definition) is 1. The molecule has 0 atom stereocenters. The predicted molar refractivity (Wildman–Crippen MR) is 82.4 cm³/mol. The molecule has 0 amide bonds. The number of rotatable bonds is 3. The minimum Gasteiger partial charge on any atom is -0.438 e. The molecule has 5 nitrogen and oxygen atoms in total. The highest BCUT2D eigenvalue weighted by atomic mass is 16.5. The summed E-state index contributed by atoms with van der Waals surface area (Å²) in [7, 11) is 0. The van der Waals surface area contributed by atoms with E-state index in [2.05, 4.69) is 15.0 Å². The van der Waals surface area contributed by atoms with Gasteiger partial charge in [0.05, 0.1) is 11.1 Å². The summed E-state index contributed by atoms with van der Waals surface area (Å²) in [5, 5.41) is 0.937. The summed E-state index contributed by atoms with van der Waals surface area (Å²) in [5.41, 5.74) is 7.64. The van der Waals surface area contributed by atoms with Gasteiger partial charge in [0.1, 0.15) is 17.9 Å². The first-order valence-corrected chi connectivity index (χ1v) is 6.79. The SMILES string of the molecule is CC(C)c1c(N)ncnc1Oc1cccc2ncccc12. The summed E-state index contributed by atoms with van der Waals surface area (Å²) in [4.78, 5) is 12.6. The van der Waals surface area contributed by atoms with Crippen LogP contribution in [0.5, 0.6) is 11.6 Å². The van der Waals surface area contributed by atoms with Crippen molar-refractivity contribution in [3.63, 3.8) is 0 Å². The Labute approximate surface area is 122 Å². The maximum absolute atomic E-state index is 5.99. The van der Waals surface area contributed by atoms with Crippen LogP contribution in [0.3, 0.4) is 0 Å². The zero-order chi connectivity index (χ0) is 14.8. The van der Waals surface area contributed by atoms with Gasteiger partial charge in [-0.2, -0.15) is 0 Å². The Kier molecular flexibility index (Phi) is 3.39. The predicted octanol–water partition coefficient (Wildman–Crippen LogP) is 3.52. The summed E-state index contributed by atoms with van der Waals surface area (Å²) in [6, 6.07) is 9.60. The standard InChI is InChI=1S/C16H16N4O/c1-10(2)14-15(17)19-9-20-16(14)21-13-7-3-6-12-11(13)5-4-8-18-12/h3-10H,1-2H3,(H2,17,19,20). The number of fused-ring (bicyclic) bond motifs is 1. The molecule has 0 aliphatic carbocycles. The zero-order valence-corrected chi connectivity index (χ0v) is 11.9. The minimum absolute atomic E-state index is 0.175. The average Bonchev–Trinajstić information content (AvgIpc) is 2.47. The number of nitrogens with zero attached hydrogens (tertiary/aromatic N) is 3. The molecule has 0 unspecified atom stereocenters. The molecular weight excluding hydrogens is 264 g/mol. The molecule has 0 aliphatic rings. The van der Waals surface area contributed by atoms with Crippen LogP contribution in [0.15, 0.2) is 42.9 Å². The number of nitrogen functional groups attached to an aromatic ring is 1. The van der Waals surface area contributed by atoms with Gasteiger partial charge in [0, 0.05) is 11.6 Å². The fourth-order valence-electron chi connectivity index (χ4n) is 2.28. The fourth-order valence-corrected chi connectivity index (χ4v) is 2.28. The highest BCUT2D eigenvalue weighted by Crippen LogP contribution is 2.34. The van der Waals surface area contributed by atoms with Gasteiger partial charge in [-0.1, -0.05) is 19.9 Å². The lowest BCUT2D eigenvalue weighted by Crippen LogP contribution is -2.04. The van der Waals surface area contributed by atoms with Gasteiger partial charge in [-0.15, -0.1) is 0 Å². The van der Waals surface area contributed by atoms with Crippen LogP contribution in [0.1, 0.15) is 25.3 Å². The second-order valence-electron chi connectivity index (χ2n) is 5.06. The quantitative estimate of drug-likeness (QED) is 0.794. The molecule has 0 bridgehead atoms. The van der Waals surface area contributed by atoms with E-state index in [-0.39, 0.29) is 5.92 Å². The first-order valence-electron chi connectivity index (χ1n) is 6.79. The summed E-state index contributed by atoms with van der Waals surface area (Å²) >= 11 is 0. The number of hydrogen-bond acceptors (Lipinski definition) is 5. The molecule has 0 saturated carbocycles. The average molecular weight is 280 g/mol. The molecule has 0 fully saturated rings. The summed E-state index contributed by atoms with van der Waals surface area (Å²) in [6.07, 6.45) is 3.17. The third kappa shape index (κ3) is 2.50. The number of pyridine rings is 1. The fraction of sp³-hybridized carbons (Fsp3) is 0.188.